The van der Waals surface area contributed by atoms with Crippen LogP contribution in [0.4, 0.5) is 9.59 Å². The molecular weight excluding hydrogens is 448 g/mol. The van der Waals surface area contributed by atoms with Gasteiger partial charge < -0.3 is 24.6 Å². The highest BCUT2D eigenvalue weighted by atomic mass is 16.6. The lowest BCUT2D eigenvalue weighted by atomic mass is 9.91. The molecule has 0 aromatic carbocycles. The van der Waals surface area contributed by atoms with Gasteiger partial charge in [-0.15, -0.1) is 0 Å². The van der Waals surface area contributed by atoms with Crippen LogP contribution in [0.15, 0.2) is 0 Å². The van der Waals surface area contributed by atoms with Gasteiger partial charge in [-0.2, -0.15) is 0 Å². The average Bonchev–Trinajstić information content (AvgIpc) is 2.71. The first-order chi connectivity index (χ1) is 16.3. The first-order valence-corrected chi connectivity index (χ1v) is 13.3. The number of carbonyl (C=O) groups is 3. The van der Waals surface area contributed by atoms with Crippen LogP contribution >= 0.6 is 0 Å². The number of ketones is 1. The molecule has 0 spiro atoms. The molecule has 9 nitrogen and oxygen atoms in total. The van der Waals surface area contributed by atoms with Gasteiger partial charge in [0.15, 0.2) is 0 Å². The monoisotopic (exact) mass is 496 g/mol. The Morgan fingerprint density at radius 2 is 1.17 bits per heavy atom. The molecule has 0 radical (unpaired) electrons. The van der Waals surface area contributed by atoms with E-state index >= 15 is 0 Å². The first kappa shape index (κ1) is 29.4. The largest absolute Gasteiger partial charge is 0.444 e. The second-order valence-corrected chi connectivity index (χ2v) is 11.7. The summed E-state index contributed by atoms with van der Waals surface area (Å²) in [5, 5.41) is 3.18. The molecule has 2 aliphatic carbocycles. The summed E-state index contributed by atoms with van der Waals surface area (Å²) in [6, 6.07) is 0.788. The summed E-state index contributed by atoms with van der Waals surface area (Å²) in [5.41, 5.74) is -0.774. The molecule has 0 bridgehead atoms. The third-order valence-electron chi connectivity index (χ3n) is 6.24. The Hall–Kier alpha value is -1.87. The van der Waals surface area contributed by atoms with Gasteiger partial charge >= 0.3 is 12.2 Å². The number of hydrogen-bond donors (Lipinski definition) is 1. The van der Waals surface area contributed by atoms with Crippen molar-refractivity contribution in [2.24, 2.45) is 0 Å². The number of Topliss-reactive ketones (excluding diaryl/α,β-unsaturated/α-hetero) is 1. The molecule has 0 unspecified atom stereocenters. The summed E-state index contributed by atoms with van der Waals surface area (Å²) < 4.78 is 10.6. The van der Waals surface area contributed by atoms with Crippen molar-refractivity contribution in [3.8, 4) is 0 Å². The maximum absolute atomic E-state index is 11.9. The highest BCUT2D eigenvalue weighted by Gasteiger charge is 2.31. The predicted molar refractivity (Wildman–Crippen MR) is 137 cm³/mol. The van der Waals surface area contributed by atoms with Gasteiger partial charge in [0.25, 0.3) is 0 Å². The number of carbonyl (C=O) groups excluding carboxylic acids is 3. The van der Waals surface area contributed by atoms with Gasteiger partial charge in [-0.05, 0) is 60.8 Å². The zero-order valence-corrected chi connectivity index (χ0v) is 22.9. The third-order valence-corrected chi connectivity index (χ3v) is 6.24. The van der Waals surface area contributed by atoms with Gasteiger partial charge in [0, 0.05) is 71.2 Å². The molecule has 4 fully saturated rings. The zero-order valence-electron chi connectivity index (χ0n) is 22.9. The van der Waals surface area contributed by atoms with Gasteiger partial charge in [-0.1, -0.05) is 6.42 Å². The SMILES string of the molecule is CC(C)(C)OC(=O)N1CCN(C2CCC2)CC1.CC(C)(C)OC(=O)N1CCNCC1.O=C1CCC1. The molecule has 202 valence electrons. The van der Waals surface area contributed by atoms with Crippen LogP contribution in [-0.4, -0.2) is 102 Å². The summed E-state index contributed by atoms with van der Waals surface area (Å²) in [7, 11) is 0. The molecule has 4 aliphatic rings. The summed E-state index contributed by atoms with van der Waals surface area (Å²) in [6.07, 6.45) is 6.52. The topological polar surface area (TPSA) is 91.4 Å². The van der Waals surface area contributed by atoms with Crippen LogP contribution in [-0.2, 0) is 14.3 Å². The number of piperazine rings is 2. The first-order valence-electron chi connectivity index (χ1n) is 13.3. The molecule has 0 aromatic heterocycles. The van der Waals surface area contributed by atoms with Crippen molar-refractivity contribution in [3.05, 3.63) is 0 Å². The lowest BCUT2D eigenvalue weighted by Crippen LogP contribution is -2.54. The highest BCUT2D eigenvalue weighted by molar-refractivity contribution is 5.83. The maximum atomic E-state index is 11.9. The Morgan fingerprint density at radius 3 is 1.49 bits per heavy atom. The van der Waals surface area contributed by atoms with E-state index in [1.165, 1.54) is 19.3 Å². The van der Waals surface area contributed by atoms with Gasteiger partial charge in [-0.3, -0.25) is 9.69 Å². The van der Waals surface area contributed by atoms with Crippen LogP contribution in [0, 0.1) is 0 Å². The van der Waals surface area contributed by atoms with E-state index in [4.69, 9.17) is 9.47 Å². The van der Waals surface area contributed by atoms with E-state index < -0.39 is 0 Å². The van der Waals surface area contributed by atoms with Crippen LogP contribution in [0.25, 0.3) is 0 Å². The Balaban J connectivity index is 0.000000211. The quantitative estimate of drug-likeness (QED) is 0.592. The smallest absolute Gasteiger partial charge is 0.410 e. The number of hydrogen-bond acceptors (Lipinski definition) is 7. The van der Waals surface area contributed by atoms with E-state index in [0.717, 1.165) is 77.7 Å². The van der Waals surface area contributed by atoms with Gasteiger partial charge in [0.05, 0.1) is 0 Å². The fourth-order valence-corrected chi connectivity index (χ4v) is 3.84. The van der Waals surface area contributed by atoms with Gasteiger partial charge in [0.2, 0.25) is 0 Å². The molecule has 9 heteroatoms. The highest BCUT2D eigenvalue weighted by Crippen LogP contribution is 2.25. The van der Waals surface area contributed by atoms with E-state index in [9.17, 15) is 14.4 Å². The number of rotatable bonds is 1. The van der Waals surface area contributed by atoms with E-state index in [0.29, 0.717) is 5.78 Å². The van der Waals surface area contributed by atoms with Crippen LogP contribution in [0.2, 0.25) is 0 Å². The molecule has 35 heavy (non-hydrogen) atoms. The molecule has 1 N–H and O–H groups in total. The minimum Gasteiger partial charge on any atom is -0.444 e. The predicted octanol–water partition coefficient (Wildman–Crippen LogP) is 3.66. The third kappa shape index (κ3) is 11.6. The molecule has 4 rings (SSSR count). The summed E-state index contributed by atoms with van der Waals surface area (Å²) in [4.78, 5) is 39.3. The molecule has 0 aromatic rings. The number of amides is 2. The average molecular weight is 497 g/mol. The summed E-state index contributed by atoms with van der Waals surface area (Å²) in [5.74, 6) is 0.435. The van der Waals surface area contributed by atoms with Crippen LogP contribution in [0.3, 0.4) is 0 Å². The number of nitrogens with zero attached hydrogens (tertiary/aromatic N) is 3. The molecule has 2 aliphatic heterocycles. The summed E-state index contributed by atoms with van der Waals surface area (Å²) >= 11 is 0. The van der Waals surface area contributed by atoms with Crippen molar-refractivity contribution in [3.63, 3.8) is 0 Å². The van der Waals surface area contributed by atoms with Crippen LogP contribution in [0.1, 0.15) is 80.1 Å². The fraction of sp³-hybridized carbons (Fsp3) is 0.885. The van der Waals surface area contributed by atoms with Crippen molar-refractivity contribution in [1.82, 2.24) is 20.0 Å². The summed E-state index contributed by atoms with van der Waals surface area (Å²) in [6.45, 7) is 18.2. The molecule has 0 atom stereocenters. The minimum atomic E-state index is -0.387. The Morgan fingerprint density at radius 1 is 0.743 bits per heavy atom. The van der Waals surface area contributed by atoms with E-state index in [-0.39, 0.29) is 23.4 Å². The van der Waals surface area contributed by atoms with Crippen LogP contribution in [0.5, 0.6) is 0 Å². The Labute approximate surface area is 211 Å². The van der Waals surface area contributed by atoms with Crippen LogP contribution < -0.4 is 5.32 Å². The molecule has 2 saturated carbocycles. The minimum absolute atomic E-state index is 0.161. The van der Waals surface area contributed by atoms with Crippen molar-refractivity contribution in [2.45, 2.75) is 97.3 Å². The van der Waals surface area contributed by atoms with E-state index in [1.54, 1.807) is 4.90 Å². The maximum Gasteiger partial charge on any atom is 0.410 e. The zero-order chi connectivity index (χ0) is 26.1. The molecule has 2 amide bonds. The number of nitrogens with one attached hydrogen (secondary N) is 1. The molecule has 2 heterocycles. The van der Waals surface area contributed by atoms with Crippen molar-refractivity contribution in [2.75, 3.05) is 52.4 Å². The lowest BCUT2D eigenvalue weighted by molar-refractivity contribution is -0.123. The normalized spacial score (nSPS) is 21.4. The van der Waals surface area contributed by atoms with Gasteiger partial charge in [-0.25, -0.2) is 9.59 Å². The van der Waals surface area contributed by atoms with E-state index in [2.05, 4.69) is 10.2 Å². The van der Waals surface area contributed by atoms with Crippen molar-refractivity contribution >= 4 is 18.0 Å². The van der Waals surface area contributed by atoms with Gasteiger partial charge in [0.1, 0.15) is 17.0 Å². The van der Waals surface area contributed by atoms with Crippen molar-refractivity contribution < 1.29 is 23.9 Å². The fourth-order valence-electron chi connectivity index (χ4n) is 3.84. The Bertz CT molecular complexity index is 677. The number of ether oxygens (including phenoxy) is 2. The molecule has 2 saturated heterocycles. The van der Waals surface area contributed by atoms with Crippen molar-refractivity contribution in [1.29, 1.82) is 0 Å². The second-order valence-electron chi connectivity index (χ2n) is 11.7. The lowest BCUT2D eigenvalue weighted by Gasteiger charge is -2.42. The Kier molecular flexibility index (Phi) is 11.3. The van der Waals surface area contributed by atoms with E-state index in [1.807, 2.05) is 46.4 Å². The molecular formula is C26H48N4O5. The second kappa shape index (κ2) is 13.4. The standard InChI is InChI=1S/C13H24N2O2.C9H18N2O2.C4H6O/c1-13(2,3)17-12(16)15-9-7-14(8-10-15)11-5-4-6-11;1-9(2,3)13-8(12)11-6-4-10-5-7-11;5-4-2-1-3-4/h11H,4-10H2,1-3H3;10H,4-7H2,1-3H3;1-3H2.